The topological polar surface area (TPSA) is 61.4 Å². The second kappa shape index (κ2) is 11.4. The molecule has 3 rings (SSSR count). The van der Waals surface area contributed by atoms with Gasteiger partial charge in [0.2, 0.25) is 5.91 Å². The molecule has 0 unspecified atom stereocenters. The molecule has 2 N–H and O–H groups in total. The summed E-state index contributed by atoms with van der Waals surface area (Å²) in [7, 11) is 0. The molecular weight excluding hydrogens is 374 g/mol. The molecule has 0 radical (unpaired) electrons. The van der Waals surface area contributed by atoms with Crippen LogP contribution < -0.4 is 10.6 Å². The molecule has 2 amide bonds. The molecule has 0 aromatic heterocycles. The standard InChI is InChI=1S/C22H33N3O2.ClH/c1-2-23-15-18-11-13-25(14-12-18)22(27)20-9-7-17(8-10-20)16-24-21(26)19-5-3-4-6-19;/h7-10,18-19,23H,2-6,11-16H2,1H3,(H,24,26);1H. The third kappa shape index (κ3) is 6.21. The van der Waals surface area contributed by atoms with Crippen LogP contribution in [-0.2, 0) is 11.3 Å². The Kier molecular flexibility index (Phi) is 9.26. The minimum Gasteiger partial charge on any atom is -0.352 e. The molecule has 1 saturated carbocycles. The number of halogens is 1. The van der Waals surface area contributed by atoms with Crippen LogP contribution in [0.5, 0.6) is 0 Å². The molecular formula is C22H34ClN3O2. The number of benzene rings is 1. The van der Waals surface area contributed by atoms with Crippen molar-refractivity contribution in [2.24, 2.45) is 11.8 Å². The molecule has 1 aromatic carbocycles. The molecule has 5 nitrogen and oxygen atoms in total. The van der Waals surface area contributed by atoms with Gasteiger partial charge in [-0.3, -0.25) is 9.59 Å². The fraction of sp³-hybridized carbons (Fsp3) is 0.636. The number of carbonyl (C=O) groups is 2. The molecule has 1 saturated heterocycles. The second-order valence-corrected chi connectivity index (χ2v) is 7.94. The van der Waals surface area contributed by atoms with Crippen molar-refractivity contribution < 1.29 is 9.59 Å². The van der Waals surface area contributed by atoms with E-state index >= 15 is 0 Å². The predicted molar refractivity (Wildman–Crippen MR) is 115 cm³/mol. The van der Waals surface area contributed by atoms with Gasteiger partial charge in [0.15, 0.2) is 0 Å². The van der Waals surface area contributed by atoms with Crippen molar-refractivity contribution in [3.05, 3.63) is 35.4 Å². The summed E-state index contributed by atoms with van der Waals surface area (Å²) in [6, 6.07) is 7.70. The SMILES string of the molecule is CCNCC1CCN(C(=O)c2ccc(CNC(=O)C3CCCC3)cc2)CC1.Cl. The van der Waals surface area contributed by atoms with E-state index in [1.54, 1.807) is 0 Å². The van der Waals surface area contributed by atoms with Gasteiger partial charge in [-0.2, -0.15) is 0 Å². The quantitative estimate of drug-likeness (QED) is 0.728. The highest BCUT2D eigenvalue weighted by atomic mass is 35.5. The summed E-state index contributed by atoms with van der Waals surface area (Å²) in [6.07, 6.45) is 6.52. The third-order valence-corrected chi connectivity index (χ3v) is 5.98. The summed E-state index contributed by atoms with van der Waals surface area (Å²) >= 11 is 0. The molecule has 156 valence electrons. The first-order chi connectivity index (χ1) is 13.2. The first-order valence-corrected chi connectivity index (χ1v) is 10.5. The number of nitrogens with zero attached hydrogens (tertiary/aromatic N) is 1. The Bertz CT molecular complexity index is 621. The predicted octanol–water partition coefficient (Wildman–Crippen LogP) is 3.38. The maximum absolute atomic E-state index is 12.7. The van der Waals surface area contributed by atoms with Gasteiger partial charge in [-0.05, 0) is 62.4 Å². The fourth-order valence-corrected chi connectivity index (χ4v) is 4.16. The summed E-state index contributed by atoms with van der Waals surface area (Å²) in [5, 5.41) is 6.44. The van der Waals surface area contributed by atoms with E-state index in [-0.39, 0.29) is 30.1 Å². The molecule has 0 spiro atoms. The van der Waals surface area contributed by atoms with Crippen LogP contribution in [0.2, 0.25) is 0 Å². The van der Waals surface area contributed by atoms with Gasteiger partial charge in [-0.1, -0.05) is 31.9 Å². The van der Waals surface area contributed by atoms with Crippen molar-refractivity contribution in [2.75, 3.05) is 26.2 Å². The smallest absolute Gasteiger partial charge is 0.253 e. The van der Waals surface area contributed by atoms with E-state index < -0.39 is 0 Å². The first-order valence-electron chi connectivity index (χ1n) is 10.5. The number of amides is 2. The Morgan fingerprint density at radius 3 is 2.29 bits per heavy atom. The minimum absolute atomic E-state index is 0. The van der Waals surface area contributed by atoms with Crippen LogP contribution in [-0.4, -0.2) is 42.9 Å². The summed E-state index contributed by atoms with van der Waals surface area (Å²) in [4.78, 5) is 26.8. The highest BCUT2D eigenvalue weighted by Gasteiger charge is 2.24. The molecule has 1 aliphatic heterocycles. The van der Waals surface area contributed by atoms with Crippen LogP contribution in [0.3, 0.4) is 0 Å². The number of rotatable bonds is 7. The lowest BCUT2D eigenvalue weighted by Crippen LogP contribution is -2.40. The molecule has 1 aromatic rings. The Balaban J connectivity index is 0.00000280. The van der Waals surface area contributed by atoms with Crippen molar-refractivity contribution in [2.45, 2.75) is 52.0 Å². The van der Waals surface area contributed by atoms with Crippen molar-refractivity contribution in [3.8, 4) is 0 Å². The third-order valence-electron chi connectivity index (χ3n) is 5.98. The van der Waals surface area contributed by atoms with Gasteiger partial charge >= 0.3 is 0 Å². The van der Waals surface area contributed by atoms with Crippen LogP contribution in [0.4, 0.5) is 0 Å². The highest BCUT2D eigenvalue weighted by Crippen LogP contribution is 2.24. The van der Waals surface area contributed by atoms with Crippen LogP contribution in [0.1, 0.15) is 61.4 Å². The van der Waals surface area contributed by atoms with Crippen LogP contribution in [0.15, 0.2) is 24.3 Å². The number of hydrogen-bond acceptors (Lipinski definition) is 3. The van der Waals surface area contributed by atoms with Gasteiger partial charge < -0.3 is 15.5 Å². The second-order valence-electron chi connectivity index (χ2n) is 7.94. The Labute approximate surface area is 175 Å². The van der Waals surface area contributed by atoms with E-state index in [1.165, 1.54) is 12.8 Å². The lowest BCUT2D eigenvalue weighted by atomic mass is 9.96. The Hall–Kier alpha value is -1.59. The summed E-state index contributed by atoms with van der Waals surface area (Å²) < 4.78 is 0. The number of nitrogens with one attached hydrogen (secondary N) is 2. The molecule has 1 heterocycles. The first kappa shape index (κ1) is 22.7. The zero-order valence-electron chi connectivity index (χ0n) is 16.9. The van der Waals surface area contributed by atoms with Crippen molar-refractivity contribution in [1.29, 1.82) is 0 Å². The van der Waals surface area contributed by atoms with Crippen LogP contribution in [0, 0.1) is 11.8 Å². The summed E-state index contributed by atoms with van der Waals surface area (Å²) in [5.41, 5.74) is 1.79. The van der Waals surface area contributed by atoms with Gasteiger partial charge in [-0.25, -0.2) is 0 Å². The normalized spacial score (nSPS) is 18.0. The van der Waals surface area contributed by atoms with E-state index in [4.69, 9.17) is 0 Å². The van der Waals surface area contributed by atoms with Gasteiger partial charge in [0.1, 0.15) is 0 Å². The average Bonchev–Trinajstić information content (AvgIpc) is 3.26. The van der Waals surface area contributed by atoms with E-state index in [0.717, 1.165) is 63.0 Å². The van der Waals surface area contributed by atoms with E-state index in [9.17, 15) is 9.59 Å². The Morgan fingerprint density at radius 2 is 1.68 bits per heavy atom. The molecule has 0 bridgehead atoms. The van der Waals surface area contributed by atoms with Gasteiger partial charge in [0.05, 0.1) is 0 Å². The van der Waals surface area contributed by atoms with Gasteiger partial charge in [0, 0.05) is 31.1 Å². The summed E-state index contributed by atoms with van der Waals surface area (Å²) in [6.45, 7) is 6.41. The number of piperidine rings is 1. The van der Waals surface area contributed by atoms with E-state index in [1.807, 2.05) is 29.2 Å². The van der Waals surface area contributed by atoms with E-state index in [2.05, 4.69) is 17.6 Å². The number of carbonyl (C=O) groups excluding carboxylic acids is 2. The van der Waals surface area contributed by atoms with Crippen LogP contribution in [0.25, 0.3) is 0 Å². The van der Waals surface area contributed by atoms with Crippen molar-refractivity contribution in [3.63, 3.8) is 0 Å². The minimum atomic E-state index is 0. The highest BCUT2D eigenvalue weighted by molar-refractivity contribution is 5.94. The molecule has 2 fully saturated rings. The van der Waals surface area contributed by atoms with Crippen molar-refractivity contribution >= 4 is 24.2 Å². The molecule has 1 aliphatic carbocycles. The largest absolute Gasteiger partial charge is 0.352 e. The number of hydrogen-bond donors (Lipinski definition) is 2. The Morgan fingerprint density at radius 1 is 1.04 bits per heavy atom. The maximum Gasteiger partial charge on any atom is 0.253 e. The lowest BCUT2D eigenvalue weighted by Gasteiger charge is -2.32. The fourth-order valence-electron chi connectivity index (χ4n) is 4.16. The molecule has 2 aliphatic rings. The zero-order valence-corrected chi connectivity index (χ0v) is 17.7. The maximum atomic E-state index is 12.7. The summed E-state index contributed by atoms with van der Waals surface area (Å²) in [5.74, 6) is 1.17. The zero-order chi connectivity index (χ0) is 19.1. The molecule has 28 heavy (non-hydrogen) atoms. The number of likely N-dealkylation sites (tertiary alicyclic amines) is 1. The van der Waals surface area contributed by atoms with Gasteiger partial charge in [0.25, 0.3) is 5.91 Å². The average molecular weight is 408 g/mol. The molecule has 0 atom stereocenters. The lowest BCUT2D eigenvalue weighted by molar-refractivity contribution is -0.124. The van der Waals surface area contributed by atoms with Gasteiger partial charge in [-0.15, -0.1) is 12.4 Å². The van der Waals surface area contributed by atoms with Crippen LogP contribution >= 0.6 is 12.4 Å². The van der Waals surface area contributed by atoms with E-state index in [0.29, 0.717) is 12.5 Å². The molecule has 6 heteroatoms. The van der Waals surface area contributed by atoms with Crippen molar-refractivity contribution in [1.82, 2.24) is 15.5 Å². The monoisotopic (exact) mass is 407 g/mol.